The molecule has 0 bridgehead atoms. The Morgan fingerprint density at radius 1 is 1.43 bits per heavy atom. The third kappa shape index (κ3) is 2.49. The lowest BCUT2D eigenvalue weighted by molar-refractivity contribution is -0.0416. The van der Waals surface area contributed by atoms with Crippen LogP contribution in [0.2, 0.25) is 0 Å². The molecule has 2 saturated heterocycles. The van der Waals surface area contributed by atoms with Gasteiger partial charge in [-0.05, 0) is 38.4 Å². The van der Waals surface area contributed by atoms with E-state index in [-0.39, 0.29) is 6.10 Å². The van der Waals surface area contributed by atoms with Crippen LogP contribution in [0.5, 0.6) is 0 Å². The number of hydrogen-bond donors (Lipinski definition) is 1. The first-order valence-electron chi connectivity index (χ1n) is 7.71. The molecule has 0 radical (unpaired) electrons. The van der Waals surface area contributed by atoms with E-state index in [1.54, 1.807) is 0 Å². The number of rotatable bonds is 3. The third-order valence-corrected chi connectivity index (χ3v) is 4.50. The minimum Gasteiger partial charge on any atom is -0.373 e. The van der Waals surface area contributed by atoms with Gasteiger partial charge in [0.05, 0.1) is 12.7 Å². The molecule has 21 heavy (non-hydrogen) atoms. The lowest BCUT2D eigenvalue weighted by Crippen LogP contribution is -2.48. The molecule has 0 spiro atoms. The zero-order valence-electron chi connectivity index (χ0n) is 12.3. The summed E-state index contributed by atoms with van der Waals surface area (Å²) in [5.41, 5.74) is 1.96. The highest BCUT2D eigenvalue weighted by Gasteiger charge is 2.32. The van der Waals surface area contributed by atoms with Crippen LogP contribution in [0.1, 0.15) is 18.5 Å². The third-order valence-electron chi connectivity index (χ3n) is 4.50. The molecule has 112 valence electrons. The van der Waals surface area contributed by atoms with E-state index in [4.69, 9.17) is 4.74 Å². The first kappa shape index (κ1) is 13.0. The van der Waals surface area contributed by atoms with Crippen LogP contribution in [0.25, 0.3) is 5.65 Å². The van der Waals surface area contributed by atoms with Crippen molar-refractivity contribution in [1.29, 1.82) is 0 Å². The molecule has 0 aliphatic carbocycles. The molecule has 4 rings (SSSR count). The summed E-state index contributed by atoms with van der Waals surface area (Å²) in [5.74, 6) is 0.677. The summed E-state index contributed by atoms with van der Waals surface area (Å²) in [6.45, 7) is 5.90. The minimum atomic E-state index is 0.229. The van der Waals surface area contributed by atoms with Crippen molar-refractivity contribution in [1.82, 2.24) is 19.5 Å². The molecule has 2 fully saturated rings. The zero-order chi connectivity index (χ0) is 14.2. The van der Waals surface area contributed by atoms with Gasteiger partial charge in [-0.1, -0.05) is 6.07 Å². The molecule has 6 heteroatoms. The molecule has 0 saturated carbocycles. The maximum atomic E-state index is 5.94. The Labute approximate surface area is 124 Å². The van der Waals surface area contributed by atoms with Crippen LogP contribution in [0, 0.1) is 6.92 Å². The summed E-state index contributed by atoms with van der Waals surface area (Å²) < 4.78 is 7.81. The standard InChI is InChI=1S/C15H21N5O/c1-11-4-2-6-14-17-15(18-20(11)14)16-8-13-9-19-7-3-5-12(19)10-21-13/h2,4,6,12-13H,3,5,7-10H2,1H3,(H,16,18). The highest BCUT2D eigenvalue weighted by Crippen LogP contribution is 2.22. The van der Waals surface area contributed by atoms with Gasteiger partial charge in [-0.25, -0.2) is 4.52 Å². The Morgan fingerprint density at radius 3 is 3.29 bits per heavy atom. The van der Waals surface area contributed by atoms with Crippen LogP contribution < -0.4 is 5.32 Å². The highest BCUT2D eigenvalue weighted by atomic mass is 16.5. The van der Waals surface area contributed by atoms with E-state index in [9.17, 15) is 0 Å². The molecule has 1 N–H and O–H groups in total. The van der Waals surface area contributed by atoms with Crippen molar-refractivity contribution in [3.05, 3.63) is 23.9 Å². The van der Waals surface area contributed by atoms with Gasteiger partial charge in [-0.15, -0.1) is 5.10 Å². The Balaban J connectivity index is 1.40. The van der Waals surface area contributed by atoms with Gasteiger partial charge in [0, 0.05) is 24.8 Å². The lowest BCUT2D eigenvalue weighted by Gasteiger charge is -2.35. The van der Waals surface area contributed by atoms with E-state index in [0.29, 0.717) is 12.0 Å². The number of fused-ring (bicyclic) bond motifs is 2. The molecule has 6 nitrogen and oxygen atoms in total. The van der Waals surface area contributed by atoms with E-state index in [0.717, 1.165) is 31.0 Å². The second-order valence-corrected chi connectivity index (χ2v) is 6.00. The Kier molecular flexibility index (Phi) is 3.27. The lowest BCUT2D eigenvalue weighted by atomic mass is 10.2. The van der Waals surface area contributed by atoms with Gasteiger partial charge < -0.3 is 10.1 Å². The fraction of sp³-hybridized carbons (Fsp3) is 0.600. The van der Waals surface area contributed by atoms with Crippen molar-refractivity contribution in [2.45, 2.75) is 31.9 Å². The van der Waals surface area contributed by atoms with E-state index in [1.807, 2.05) is 29.6 Å². The molecule has 2 unspecified atom stereocenters. The molecule has 2 aromatic rings. The topological polar surface area (TPSA) is 54.7 Å². The fourth-order valence-electron chi connectivity index (χ4n) is 3.32. The molecule has 2 aromatic heterocycles. The zero-order valence-corrected chi connectivity index (χ0v) is 12.3. The van der Waals surface area contributed by atoms with Crippen molar-refractivity contribution in [3.8, 4) is 0 Å². The first-order valence-corrected chi connectivity index (χ1v) is 7.71. The van der Waals surface area contributed by atoms with E-state index < -0.39 is 0 Å². The van der Waals surface area contributed by atoms with Gasteiger partial charge in [0.1, 0.15) is 0 Å². The number of nitrogens with zero attached hydrogens (tertiary/aromatic N) is 4. The summed E-state index contributed by atoms with van der Waals surface area (Å²) in [4.78, 5) is 7.05. The largest absolute Gasteiger partial charge is 0.373 e. The molecule has 2 aliphatic rings. The molecule has 0 amide bonds. The number of hydrogen-bond acceptors (Lipinski definition) is 5. The Bertz CT molecular complexity index is 640. The summed E-state index contributed by atoms with van der Waals surface area (Å²) >= 11 is 0. The monoisotopic (exact) mass is 287 g/mol. The summed E-state index contributed by atoms with van der Waals surface area (Å²) in [7, 11) is 0. The number of morpholine rings is 1. The summed E-state index contributed by atoms with van der Waals surface area (Å²) in [5, 5.41) is 7.80. The number of aromatic nitrogens is 3. The SMILES string of the molecule is Cc1cccc2nc(NCC3CN4CCCC4CO3)nn12. The van der Waals surface area contributed by atoms with Gasteiger partial charge in [-0.2, -0.15) is 4.98 Å². The van der Waals surface area contributed by atoms with Crippen molar-refractivity contribution < 1.29 is 4.74 Å². The maximum Gasteiger partial charge on any atom is 0.243 e. The van der Waals surface area contributed by atoms with Crippen LogP contribution in [0.15, 0.2) is 18.2 Å². The molecule has 4 heterocycles. The minimum absolute atomic E-state index is 0.229. The number of ether oxygens (including phenoxy) is 1. The number of anilines is 1. The fourth-order valence-corrected chi connectivity index (χ4v) is 3.32. The average Bonchev–Trinajstić information content (AvgIpc) is 3.11. The van der Waals surface area contributed by atoms with Crippen LogP contribution in [0.4, 0.5) is 5.95 Å². The van der Waals surface area contributed by atoms with Crippen molar-refractivity contribution in [2.75, 3.05) is 31.6 Å². The molecule has 2 aliphatic heterocycles. The van der Waals surface area contributed by atoms with Crippen LogP contribution >= 0.6 is 0 Å². The summed E-state index contributed by atoms with van der Waals surface area (Å²) in [6.07, 6.45) is 2.82. The first-order chi connectivity index (χ1) is 10.3. The summed E-state index contributed by atoms with van der Waals surface area (Å²) in [6, 6.07) is 6.65. The molecular formula is C15H21N5O. The predicted octanol–water partition coefficient (Wildman–Crippen LogP) is 1.31. The molecule has 0 aromatic carbocycles. The predicted molar refractivity (Wildman–Crippen MR) is 80.5 cm³/mol. The molecular weight excluding hydrogens is 266 g/mol. The van der Waals surface area contributed by atoms with E-state index in [1.165, 1.54) is 19.4 Å². The van der Waals surface area contributed by atoms with Crippen molar-refractivity contribution in [3.63, 3.8) is 0 Å². The van der Waals surface area contributed by atoms with Gasteiger partial charge in [0.15, 0.2) is 5.65 Å². The highest BCUT2D eigenvalue weighted by molar-refractivity contribution is 5.44. The average molecular weight is 287 g/mol. The number of aryl methyl sites for hydroxylation is 1. The van der Waals surface area contributed by atoms with Crippen molar-refractivity contribution >= 4 is 11.6 Å². The van der Waals surface area contributed by atoms with Gasteiger partial charge in [0.25, 0.3) is 0 Å². The van der Waals surface area contributed by atoms with Crippen LogP contribution in [-0.2, 0) is 4.74 Å². The van der Waals surface area contributed by atoms with Crippen LogP contribution in [0.3, 0.4) is 0 Å². The Hall–Kier alpha value is -1.66. The second kappa shape index (κ2) is 5.27. The number of nitrogens with one attached hydrogen (secondary N) is 1. The van der Waals surface area contributed by atoms with Gasteiger partial charge >= 0.3 is 0 Å². The van der Waals surface area contributed by atoms with E-state index >= 15 is 0 Å². The normalized spacial score (nSPS) is 26.1. The van der Waals surface area contributed by atoms with Crippen molar-refractivity contribution in [2.24, 2.45) is 0 Å². The van der Waals surface area contributed by atoms with Gasteiger partial charge in [-0.3, -0.25) is 4.90 Å². The van der Waals surface area contributed by atoms with E-state index in [2.05, 4.69) is 20.3 Å². The van der Waals surface area contributed by atoms with Gasteiger partial charge in [0.2, 0.25) is 5.95 Å². The maximum absolute atomic E-state index is 5.94. The Morgan fingerprint density at radius 2 is 2.38 bits per heavy atom. The number of pyridine rings is 1. The smallest absolute Gasteiger partial charge is 0.243 e. The second-order valence-electron chi connectivity index (χ2n) is 6.00. The molecule has 2 atom stereocenters. The quantitative estimate of drug-likeness (QED) is 0.922. The van der Waals surface area contributed by atoms with Crippen LogP contribution in [-0.4, -0.2) is 57.9 Å².